The smallest absolute Gasteiger partial charge is 0.213 e. The molecule has 1 aromatic heterocycles. The normalized spacial score (nSPS) is 19.5. The Morgan fingerprint density at radius 2 is 2.29 bits per heavy atom. The van der Waals surface area contributed by atoms with Gasteiger partial charge in [-0.1, -0.05) is 11.8 Å². The van der Waals surface area contributed by atoms with E-state index in [-0.39, 0.29) is 11.9 Å². The second kappa shape index (κ2) is 7.52. The van der Waals surface area contributed by atoms with E-state index in [9.17, 15) is 8.42 Å². The van der Waals surface area contributed by atoms with E-state index < -0.39 is 10.0 Å². The maximum Gasteiger partial charge on any atom is 0.213 e. The molecule has 0 aromatic carbocycles. The Hall–Kier alpha value is -0.710. The fourth-order valence-corrected chi connectivity index (χ4v) is 3.87. The first kappa shape index (κ1) is 16.7. The molecule has 1 aliphatic rings. The number of ether oxygens (including phenoxy) is 1. The Bertz CT molecular complexity index is 540. The van der Waals surface area contributed by atoms with Crippen LogP contribution in [0.5, 0.6) is 0 Å². The van der Waals surface area contributed by atoms with E-state index in [1.165, 1.54) is 16.1 Å². The molecule has 1 saturated heterocycles. The summed E-state index contributed by atoms with van der Waals surface area (Å²) in [5, 5.41) is 12.3. The van der Waals surface area contributed by atoms with E-state index in [0.29, 0.717) is 23.9 Å². The fourth-order valence-electron chi connectivity index (χ4n) is 1.98. The summed E-state index contributed by atoms with van der Waals surface area (Å²) in [4.78, 5) is 0. The summed E-state index contributed by atoms with van der Waals surface area (Å²) in [6, 6.07) is 0. The van der Waals surface area contributed by atoms with Gasteiger partial charge in [0.15, 0.2) is 0 Å². The van der Waals surface area contributed by atoms with Crippen LogP contribution in [-0.4, -0.2) is 71.2 Å². The van der Waals surface area contributed by atoms with Gasteiger partial charge < -0.3 is 4.74 Å². The first-order valence-corrected chi connectivity index (χ1v) is 9.49. The van der Waals surface area contributed by atoms with Gasteiger partial charge >= 0.3 is 0 Å². The Labute approximate surface area is 129 Å². The third kappa shape index (κ3) is 4.90. The standard InChI is InChI=1S/C11H21N5O3S2/c1-15(2)21(17,18)8-4-7-20-11-12-13-14-16(11)9-10-5-3-6-19-10/h10H,3-9H2,1-2H3. The van der Waals surface area contributed by atoms with Crippen molar-refractivity contribution in [2.24, 2.45) is 0 Å². The zero-order valence-electron chi connectivity index (χ0n) is 12.3. The molecule has 1 aromatic rings. The molecule has 21 heavy (non-hydrogen) atoms. The molecule has 1 fully saturated rings. The van der Waals surface area contributed by atoms with Crippen LogP contribution in [-0.2, 0) is 21.3 Å². The molecule has 1 aliphatic heterocycles. The molecule has 0 N–H and O–H groups in total. The number of rotatable bonds is 8. The van der Waals surface area contributed by atoms with Crippen LogP contribution in [0, 0.1) is 0 Å². The molecule has 8 nitrogen and oxygen atoms in total. The van der Waals surface area contributed by atoms with E-state index in [1.807, 2.05) is 0 Å². The number of thioether (sulfide) groups is 1. The molecule has 1 atom stereocenters. The highest BCUT2D eigenvalue weighted by atomic mass is 32.2. The van der Waals surface area contributed by atoms with Crippen molar-refractivity contribution >= 4 is 21.8 Å². The first-order valence-electron chi connectivity index (χ1n) is 6.90. The highest BCUT2D eigenvalue weighted by molar-refractivity contribution is 7.99. The zero-order valence-corrected chi connectivity index (χ0v) is 13.9. The van der Waals surface area contributed by atoms with Crippen molar-refractivity contribution in [1.29, 1.82) is 0 Å². The Morgan fingerprint density at radius 3 is 2.95 bits per heavy atom. The van der Waals surface area contributed by atoms with Gasteiger partial charge in [0.25, 0.3) is 0 Å². The van der Waals surface area contributed by atoms with E-state index in [4.69, 9.17) is 4.74 Å². The van der Waals surface area contributed by atoms with E-state index in [2.05, 4.69) is 15.5 Å². The van der Waals surface area contributed by atoms with Crippen LogP contribution < -0.4 is 0 Å². The largest absolute Gasteiger partial charge is 0.376 e. The number of hydrogen-bond donors (Lipinski definition) is 0. The van der Waals surface area contributed by atoms with Crippen molar-refractivity contribution < 1.29 is 13.2 Å². The summed E-state index contributed by atoms with van der Waals surface area (Å²) in [6.07, 6.45) is 2.86. The molecule has 2 heterocycles. The van der Waals surface area contributed by atoms with Crippen molar-refractivity contribution in [3.05, 3.63) is 0 Å². The predicted molar refractivity (Wildman–Crippen MR) is 79.6 cm³/mol. The van der Waals surface area contributed by atoms with Gasteiger partial charge in [0.1, 0.15) is 0 Å². The summed E-state index contributed by atoms with van der Waals surface area (Å²) in [6.45, 7) is 1.46. The van der Waals surface area contributed by atoms with E-state index >= 15 is 0 Å². The molecular formula is C11H21N5O3S2. The number of tetrazole rings is 1. The average Bonchev–Trinajstić information content (AvgIpc) is 3.07. The maximum atomic E-state index is 11.6. The molecule has 0 aliphatic carbocycles. The molecule has 0 amide bonds. The lowest BCUT2D eigenvalue weighted by molar-refractivity contribution is 0.0912. The lowest BCUT2D eigenvalue weighted by atomic mass is 10.2. The van der Waals surface area contributed by atoms with Gasteiger partial charge in [-0.15, -0.1) is 5.10 Å². The highest BCUT2D eigenvalue weighted by Crippen LogP contribution is 2.19. The van der Waals surface area contributed by atoms with Gasteiger partial charge in [0.2, 0.25) is 15.2 Å². The number of aromatic nitrogens is 4. The van der Waals surface area contributed by atoms with Gasteiger partial charge in [0, 0.05) is 26.5 Å². The molecular weight excluding hydrogens is 314 g/mol. The monoisotopic (exact) mass is 335 g/mol. The third-order valence-corrected chi connectivity index (χ3v) is 6.19. The van der Waals surface area contributed by atoms with Gasteiger partial charge in [0.05, 0.1) is 18.4 Å². The van der Waals surface area contributed by atoms with Crippen LogP contribution in [0.1, 0.15) is 19.3 Å². The van der Waals surface area contributed by atoms with Crippen LogP contribution in [0.4, 0.5) is 0 Å². The second-order valence-corrected chi connectivity index (χ2v) is 8.44. The van der Waals surface area contributed by atoms with Crippen LogP contribution in [0.15, 0.2) is 5.16 Å². The zero-order chi connectivity index (χ0) is 15.3. The van der Waals surface area contributed by atoms with Crippen molar-refractivity contribution in [2.75, 3.05) is 32.2 Å². The van der Waals surface area contributed by atoms with Crippen molar-refractivity contribution in [1.82, 2.24) is 24.5 Å². The lowest BCUT2D eigenvalue weighted by Crippen LogP contribution is -2.25. The Morgan fingerprint density at radius 1 is 1.48 bits per heavy atom. The molecule has 0 saturated carbocycles. The number of nitrogens with zero attached hydrogens (tertiary/aromatic N) is 5. The van der Waals surface area contributed by atoms with Crippen LogP contribution >= 0.6 is 11.8 Å². The summed E-state index contributed by atoms with van der Waals surface area (Å²) in [5.41, 5.74) is 0. The second-order valence-electron chi connectivity index (χ2n) is 5.08. The number of sulfonamides is 1. The topological polar surface area (TPSA) is 90.2 Å². The molecule has 120 valence electrons. The Balaban J connectivity index is 1.77. The van der Waals surface area contributed by atoms with Gasteiger partial charge in [-0.05, 0) is 29.7 Å². The van der Waals surface area contributed by atoms with E-state index in [1.54, 1.807) is 18.8 Å². The minimum atomic E-state index is -3.13. The first-order chi connectivity index (χ1) is 9.99. The van der Waals surface area contributed by atoms with Crippen molar-refractivity contribution in [3.63, 3.8) is 0 Å². The fraction of sp³-hybridized carbons (Fsp3) is 0.909. The minimum absolute atomic E-state index is 0.139. The van der Waals surface area contributed by atoms with E-state index in [0.717, 1.165) is 19.4 Å². The van der Waals surface area contributed by atoms with Gasteiger partial charge in [-0.2, -0.15) is 0 Å². The molecule has 2 rings (SSSR count). The third-order valence-electron chi connectivity index (χ3n) is 3.23. The Kier molecular flexibility index (Phi) is 5.97. The van der Waals surface area contributed by atoms with Gasteiger partial charge in [-0.3, -0.25) is 0 Å². The molecule has 0 radical (unpaired) electrons. The minimum Gasteiger partial charge on any atom is -0.376 e. The van der Waals surface area contributed by atoms with Crippen molar-refractivity contribution in [2.45, 2.75) is 37.1 Å². The van der Waals surface area contributed by atoms with Crippen LogP contribution in [0.2, 0.25) is 0 Å². The summed E-state index contributed by atoms with van der Waals surface area (Å²) < 4.78 is 31.8. The van der Waals surface area contributed by atoms with Crippen LogP contribution in [0.3, 0.4) is 0 Å². The number of hydrogen-bond acceptors (Lipinski definition) is 7. The molecule has 10 heteroatoms. The van der Waals surface area contributed by atoms with Crippen LogP contribution in [0.25, 0.3) is 0 Å². The van der Waals surface area contributed by atoms with Gasteiger partial charge in [-0.25, -0.2) is 17.4 Å². The predicted octanol–water partition coefficient (Wildman–Crippen LogP) is 0.226. The average molecular weight is 335 g/mol. The summed E-state index contributed by atoms with van der Waals surface area (Å²) >= 11 is 1.48. The summed E-state index contributed by atoms with van der Waals surface area (Å²) in [7, 11) is -0.0340. The highest BCUT2D eigenvalue weighted by Gasteiger charge is 2.19. The molecule has 0 bridgehead atoms. The SMILES string of the molecule is CN(C)S(=O)(=O)CCCSc1nnnn1CC1CCCO1. The molecule has 1 unspecified atom stereocenters. The quantitative estimate of drug-likeness (QED) is 0.496. The molecule has 0 spiro atoms. The lowest BCUT2D eigenvalue weighted by Gasteiger charge is -2.11. The summed E-state index contributed by atoms with van der Waals surface area (Å²) in [5.74, 6) is 0.805. The maximum absolute atomic E-state index is 11.6. The van der Waals surface area contributed by atoms with Crippen molar-refractivity contribution in [3.8, 4) is 0 Å².